The largest absolute Gasteiger partial charge is 0.488 e. The van der Waals surface area contributed by atoms with Gasteiger partial charge < -0.3 is 9.15 Å². The molecular formula is C18H14F2O3. The number of fused-ring (bicyclic) bond motifs is 1. The molecule has 0 saturated heterocycles. The van der Waals surface area contributed by atoms with E-state index in [1.807, 2.05) is 6.92 Å². The fraction of sp³-hybridized carbons (Fsp3) is 0.167. The molecule has 1 heterocycles. The molecule has 2 aromatic carbocycles. The summed E-state index contributed by atoms with van der Waals surface area (Å²) in [4.78, 5) is 11.5. The van der Waals surface area contributed by atoms with Crippen molar-refractivity contribution in [2.45, 2.75) is 20.5 Å². The number of hydrogen-bond acceptors (Lipinski definition) is 3. The molecular weight excluding hydrogens is 302 g/mol. The first-order valence-corrected chi connectivity index (χ1v) is 7.07. The molecule has 0 spiro atoms. The molecule has 3 aromatic rings. The molecule has 0 fully saturated rings. The van der Waals surface area contributed by atoms with Gasteiger partial charge >= 0.3 is 5.63 Å². The summed E-state index contributed by atoms with van der Waals surface area (Å²) < 4.78 is 38.0. The molecule has 23 heavy (non-hydrogen) atoms. The molecule has 0 saturated carbocycles. The van der Waals surface area contributed by atoms with E-state index in [0.717, 1.165) is 10.9 Å². The molecule has 0 aliphatic heterocycles. The maximum atomic E-state index is 13.6. The quantitative estimate of drug-likeness (QED) is 0.678. The summed E-state index contributed by atoms with van der Waals surface area (Å²) >= 11 is 0. The third-order valence-electron chi connectivity index (χ3n) is 3.75. The van der Waals surface area contributed by atoms with Crippen LogP contribution in [-0.2, 0) is 6.61 Å². The van der Waals surface area contributed by atoms with Crippen LogP contribution in [0.25, 0.3) is 11.0 Å². The van der Waals surface area contributed by atoms with Crippen LogP contribution in [0.4, 0.5) is 8.78 Å². The predicted octanol–water partition coefficient (Wildman–Crippen LogP) is 4.27. The molecule has 3 nitrogen and oxygen atoms in total. The monoisotopic (exact) mass is 316 g/mol. The van der Waals surface area contributed by atoms with Gasteiger partial charge in [0.25, 0.3) is 0 Å². The second-order valence-corrected chi connectivity index (χ2v) is 5.30. The highest BCUT2D eigenvalue weighted by Crippen LogP contribution is 2.29. The molecule has 118 valence electrons. The fourth-order valence-electron chi connectivity index (χ4n) is 2.48. The molecule has 0 unspecified atom stereocenters. The van der Waals surface area contributed by atoms with Crippen LogP contribution >= 0.6 is 0 Å². The molecule has 0 atom stereocenters. The molecule has 1 aromatic heterocycles. The lowest BCUT2D eigenvalue weighted by Crippen LogP contribution is -2.04. The summed E-state index contributed by atoms with van der Waals surface area (Å²) in [5.41, 5.74) is 1.24. The minimum absolute atomic E-state index is 0.141. The molecule has 0 amide bonds. The van der Waals surface area contributed by atoms with Crippen molar-refractivity contribution in [2.75, 3.05) is 0 Å². The molecule has 0 aliphatic rings. The predicted molar refractivity (Wildman–Crippen MR) is 82.6 cm³/mol. The lowest BCUT2D eigenvalue weighted by molar-refractivity contribution is 0.290. The number of rotatable bonds is 3. The van der Waals surface area contributed by atoms with E-state index in [-0.39, 0.29) is 12.2 Å². The third-order valence-corrected chi connectivity index (χ3v) is 3.75. The van der Waals surface area contributed by atoms with E-state index in [4.69, 9.17) is 9.15 Å². The van der Waals surface area contributed by atoms with Crippen molar-refractivity contribution in [3.05, 3.63) is 75.1 Å². The van der Waals surface area contributed by atoms with Crippen molar-refractivity contribution in [3.8, 4) is 5.75 Å². The van der Waals surface area contributed by atoms with Crippen LogP contribution in [-0.4, -0.2) is 0 Å². The first-order valence-electron chi connectivity index (χ1n) is 7.07. The molecule has 0 N–H and O–H groups in total. The standard InChI is InChI=1S/C18H14F2O3/c1-10-8-17(21)23-18-11(2)16(7-6-12(10)18)22-9-13-14(19)4-3-5-15(13)20/h3-8H,9H2,1-2H3. The van der Waals surface area contributed by atoms with Crippen LogP contribution in [0.1, 0.15) is 16.7 Å². The SMILES string of the molecule is Cc1cc(=O)oc2c(C)c(OCc3c(F)cccc3F)ccc12. The van der Waals surface area contributed by atoms with Gasteiger partial charge in [-0.05, 0) is 43.7 Å². The van der Waals surface area contributed by atoms with Gasteiger partial charge in [-0.3, -0.25) is 0 Å². The summed E-state index contributed by atoms with van der Waals surface area (Å²) in [5, 5.41) is 0.798. The smallest absolute Gasteiger partial charge is 0.336 e. The highest BCUT2D eigenvalue weighted by molar-refractivity contribution is 5.84. The van der Waals surface area contributed by atoms with E-state index >= 15 is 0 Å². The van der Waals surface area contributed by atoms with Gasteiger partial charge in [0.15, 0.2) is 0 Å². The number of hydrogen-bond donors (Lipinski definition) is 0. The molecule has 3 rings (SSSR count). The van der Waals surface area contributed by atoms with Gasteiger partial charge in [0.05, 0.1) is 5.56 Å². The van der Waals surface area contributed by atoms with E-state index in [2.05, 4.69) is 0 Å². The summed E-state index contributed by atoms with van der Waals surface area (Å²) in [6.07, 6.45) is 0. The summed E-state index contributed by atoms with van der Waals surface area (Å²) in [7, 11) is 0. The van der Waals surface area contributed by atoms with Crippen LogP contribution in [0.5, 0.6) is 5.75 Å². The topological polar surface area (TPSA) is 39.4 Å². The van der Waals surface area contributed by atoms with Gasteiger partial charge in [0.1, 0.15) is 29.6 Å². The van der Waals surface area contributed by atoms with Crippen molar-refractivity contribution in [1.29, 1.82) is 0 Å². The molecule has 5 heteroatoms. The second kappa shape index (κ2) is 5.83. The normalized spacial score (nSPS) is 11.0. The van der Waals surface area contributed by atoms with Crippen molar-refractivity contribution in [1.82, 2.24) is 0 Å². The first kappa shape index (κ1) is 15.2. The highest BCUT2D eigenvalue weighted by atomic mass is 19.1. The maximum absolute atomic E-state index is 13.6. The average Bonchev–Trinajstić information content (AvgIpc) is 2.49. The zero-order valence-electron chi connectivity index (χ0n) is 12.7. The average molecular weight is 316 g/mol. The van der Waals surface area contributed by atoms with Gasteiger partial charge in [-0.25, -0.2) is 13.6 Å². The van der Waals surface area contributed by atoms with Gasteiger partial charge in [-0.15, -0.1) is 0 Å². The van der Waals surface area contributed by atoms with E-state index in [1.165, 1.54) is 24.3 Å². The summed E-state index contributed by atoms with van der Waals surface area (Å²) in [5.74, 6) is -0.912. The number of benzene rings is 2. The fourth-order valence-corrected chi connectivity index (χ4v) is 2.48. The zero-order chi connectivity index (χ0) is 16.6. The van der Waals surface area contributed by atoms with E-state index < -0.39 is 17.3 Å². The Morgan fingerprint density at radius 2 is 1.78 bits per heavy atom. The Hall–Kier alpha value is -2.69. The van der Waals surface area contributed by atoms with Crippen LogP contribution in [0.2, 0.25) is 0 Å². The number of ether oxygens (including phenoxy) is 1. The number of aryl methyl sites for hydroxylation is 2. The van der Waals surface area contributed by atoms with Crippen molar-refractivity contribution < 1.29 is 17.9 Å². The van der Waals surface area contributed by atoms with Crippen LogP contribution < -0.4 is 10.4 Å². The Kier molecular flexibility index (Phi) is 3.86. The van der Waals surface area contributed by atoms with Gasteiger partial charge in [-0.2, -0.15) is 0 Å². The van der Waals surface area contributed by atoms with E-state index in [0.29, 0.717) is 16.9 Å². The number of halogens is 2. The Bertz CT molecular complexity index is 925. The van der Waals surface area contributed by atoms with Gasteiger partial charge in [0.2, 0.25) is 0 Å². The Labute approximate surface area is 131 Å². The van der Waals surface area contributed by atoms with E-state index in [1.54, 1.807) is 19.1 Å². The Balaban J connectivity index is 1.98. The molecule has 0 aliphatic carbocycles. The maximum Gasteiger partial charge on any atom is 0.336 e. The second-order valence-electron chi connectivity index (χ2n) is 5.30. The van der Waals surface area contributed by atoms with Crippen LogP contribution in [0, 0.1) is 25.5 Å². The summed E-state index contributed by atoms with van der Waals surface area (Å²) in [6, 6.07) is 8.52. The Morgan fingerprint density at radius 3 is 2.48 bits per heavy atom. The molecule has 0 bridgehead atoms. The molecule has 0 radical (unpaired) electrons. The zero-order valence-corrected chi connectivity index (χ0v) is 12.7. The van der Waals surface area contributed by atoms with Crippen molar-refractivity contribution in [2.24, 2.45) is 0 Å². The Morgan fingerprint density at radius 1 is 1.09 bits per heavy atom. The lowest BCUT2D eigenvalue weighted by atomic mass is 10.1. The first-order chi connectivity index (χ1) is 11.0. The lowest BCUT2D eigenvalue weighted by Gasteiger charge is -2.12. The summed E-state index contributed by atoms with van der Waals surface area (Å²) in [6.45, 7) is 3.30. The van der Waals surface area contributed by atoms with Gasteiger partial charge in [0, 0.05) is 17.0 Å². The minimum Gasteiger partial charge on any atom is -0.488 e. The third kappa shape index (κ3) is 2.82. The van der Waals surface area contributed by atoms with Crippen molar-refractivity contribution in [3.63, 3.8) is 0 Å². The minimum atomic E-state index is -0.661. The van der Waals surface area contributed by atoms with Crippen LogP contribution in [0.15, 0.2) is 45.6 Å². The highest BCUT2D eigenvalue weighted by Gasteiger charge is 2.13. The van der Waals surface area contributed by atoms with E-state index in [9.17, 15) is 13.6 Å². The van der Waals surface area contributed by atoms with Crippen molar-refractivity contribution >= 4 is 11.0 Å². The van der Waals surface area contributed by atoms with Crippen LogP contribution in [0.3, 0.4) is 0 Å². The van der Waals surface area contributed by atoms with Gasteiger partial charge in [-0.1, -0.05) is 6.07 Å².